The van der Waals surface area contributed by atoms with Crippen LogP contribution < -0.4 is 11.1 Å². The van der Waals surface area contributed by atoms with Gasteiger partial charge in [0.25, 0.3) is 0 Å². The third kappa shape index (κ3) is 3.45. The monoisotopic (exact) mass is 263 g/mol. The lowest BCUT2D eigenvalue weighted by Gasteiger charge is -2.20. The fourth-order valence-corrected chi connectivity index (χ4v) is 2.38. The van der Waals surface area contributed by atoms with Gasteiger partial charge in [0.1, 0.15) is 0 Å². The van der Waals surface area contributed by atoms with E-state index >= 15 is 0 Å². The van der Waals surface area contributed by atoms with Crippen LogP contribution >= 0.6 is 0 Å². The Labute approximate surface area is 113 Å². The lowest BCUT2D eigenvalue weighted by atomic mass is 10.1. The lowest BCUT2D eigenvalue weighted by Crippen LogP contribution is -2.36. The fourth-order valence-electron chi connectivity index (χ4n) is 2.38. The summed E-state index contributed by atoms with van der Waals surface area (Å²) in [6, 6.07) is 7.94. The maximum Gasteiger partial charge on any atom is 0.170 e. The molecule has 2 atom stereocenters. The molecule has 1 fully saturated rings. The zero-order chi connectivity index (χ0) is 13.7. The van der Waals surface area contributed by atoms with Gasteiger partial charge in [-0.2, -0.15) is 0 Å². The molecule has 0 aliphatic carbocycles. The Balaban J connectivity index is 1.99. The number of nitrogens with one attached hydrogen (secondary N) is 1. The average Bonchev–Trinajstić information content (AvgIpc) is 2.98. The predicted molar refractivity (Wildman–Crippen MR) is 74.2 cm³/mol. The minimum atomic E-state index is 0.141. The summed E-state index contributed by atoms with van der Waals surface area (Å²) in [5.41, 5.74) is 7.45. The van der Waals surface area contributed by atoms with E-state index < -0.39 is 0 Å². The molecule has 5 heteroatoms. The summed E-state index contributed by atoms with van der Waals surface area (Å²) in [6.45, 7) is 3.66. The molecule has 0 aromatic heterocycles. The molecular formula is C14H21N3O2. The van der Waals surface area contributed by atoms with Crippen molar-refractivity contribution < 1.29 is 9.94 Å². The van der Waals surface area contributed by atoms with Gasteiger partial charge in [-0.25, -0.2) is 0 Å². The zero-order valence-electron chi connectivity index (χ0n) is 11.2. The number of nitrogens with zero attached hydrogens (tertiary/aromatic N) is 1. The van der Waals surface area contributed by atoms with Crippen LogP contribution in [0.5, 0.6) is 0 Å². The predicted octanol–water partition coefficient (Wildman–Crippen LogP) is 1.44. The quantitative estimate of drug-likeness (QED) is 0.325. The third-order valence-corrected chi connectivity index (χ3v) is 3.54. The van der Waals surface area contributed by atoms with Crippen molar-refractivity contribution in [3.63, 3.8) is 0 Å². The number of benzene rings is 1. The molecule has 0 amide bonds. The van der Waals surface area contributed by atoms with Crippen molar-refractivity contribution in [1.82, 2.24) is 5.32 Å². The lowest BCUT2D eigenvalue weighted by molar-refractivity contribution is 0.0832. The molecule has 104 valence electrons. The molecule has 1 saturated heterocycles. The molecule has 5 nitrogen and oxygen atoms in total. The summed E-state index contributed by atoms with van der Waals surface area (Å²) in [4.78, 5) is 0. The molecule has 1 aromatic rings. The van der Waals surface area contributed by atoms with Gasteiger partial charge < -0.3 is 21.0 Å². The normalized spacial score (nSPS) is 21.5. The molecule has 0 spiro atoms. The number of ether oxygens (including phenoxy) is 1. The van der Waals surface area contributed by atoms with Crippen LogP contribution in [0.25, 0.3) is 0 Å². The van der Waals surface area contributed by atoms with Crippen LogP contribution in [-0.4, -0.2) is 29.8 Å². The topological polar surface area (TPSA) is 79.9 Å². The molecule has 19 heavy (non-hydrogen) atoms. The Hall–Kier alpha value is -1.59. The Kier molecular flexibility index (Phi) is 4.76. The third-order valence-electron chi connectivity index (χ3n) is 3.54. The van der Waals surface area contributed by atoms with E-state index in [1.165, 1.54) is 0 Å². The van der Waals surface area contributed by atoms with Crippen molar-refractivity contribution in [2.75, 3.05) is 6.61 Å². The highest BCUT2D eigenvalue weighted by atomic mass is 16.5. The molecule has 0 bridgehead atoms. The first-order valence-electron chi connectivity index (χ1n) is 6.63. The van der Waals surface area contributed by atoms with Gasteiger partial charge in [-0.15, -0.1) is 0 Å². The van der Waals surface area contributed by atoms with E-state index in [1.54, 1.807) is 0 Å². The number of rotatable bonds is 5. The maximum absolute atomic E-state index is 8.79. The van der Waals surface area contributed by atoms with Crippen molar-refractivity contribution in [3.05, 3.63) is 35.4 Å². The summed E-state index contributed by atoms with van der Waals surface area (Å²) >= 11 is 0. The smallest absolute Gasteiger partial charge is 0.170 e. The van der Waals surface area contributed by atoms with E-state index in [0.717, 1.165) is 30.6 Å². The first-order valence-corrected chi connectivity index (χ1v) is 6.63. The Bertz CT molecular complexity index is 442. The van der Waals surface area contributed by atoms with Crippen molar-refractivity contribution in [2.45, 2.75) is 38.5 Å². The van der Waals surface area contributed by atoms with Gasteiger partial charge in [0, 0.05) is 24.8 Å². The van der Waals surface area contributed by atoms with Crippen LogP contribution in [0, 0.1) is 0 Å². The molecule has 0 radical (unpaired) electrons. The van der Waals surface area contributed by atoms with E-state index in [1.807, 2.05) is 24.3 Å². The Morgan fingerprint density at radius 3 is 3.05 bits per heavy atom. The highest BCUT2D eigenvalue weighted by Crippen LogP contribution is 2.16. The Morgan fingerprint density at radius 2 is 2.37 bits per heavy atom. The van der Waals surface area contributed by atoms with Gasteiger partial charge in [0.05, 0.1) is 6.10 Å². The van der Waals surface area contributed by atoms with E-state index in [0.29, 0.717) is 12.6 Å². The molecule has 1 aromatic carbocycles. The van der Waals surface area contributed by atoms with Gasteiger partial charge in [0.2, 0.25) is 0 Å². The molecule has 1 aliphatic rings. The zero-order valence-corrected chi connectivity index (χ0v) is 11.2. The van der Waals surface area contributed by atoms with Crippen LogP contribution in [0.2, 0.25) is 0 Å². The van der Waals surface area contributed by atoms with Crippen LogP contribution in [0.4, 0.5) is 0 Å². The number of nitrogens with two attached hydrogens (primary N) is 1. The molecule has 2 rings (SSSR count). The minimum absolute atomic E-state index is 0.141. The van der Waals surface area contributed by atoms with Crippen molar-refractivity contribution in [2.24, 2.45) is 10.9 Å². The second-order valence-corrected chi connectivity index (χ2v) is 4.86. The van der Waals surface area contributed by atoms with Gasteiger partial charge in [-0.1, -0.05) is 29.4 Å². The second-order valence-electron chi connectivity index (χ2n) is 4.86. The van der Waals surface area contributed by atoms with E-state index in [2.05, 4.69) is 17.4 Å². The summed E-state index contributed by atoms with van der Waals surface area (Å²) in [5, 5.41) is 15.3. The van der Waals surface area contributed by atoms with Crippen LogP contribution in [0.15, 0.2) is 29.4 Å². The molecular weight excluding hydrogens is 242 g/mol. The highest BCUT2D eigenvalue weighted by Gasteiger charge is 2.22. The molecule has 1 heterocycles. The largest absolute Gasteiger partial charge is 0.409 e. The van der Waals surface area contributed by atoms with Crippen molar-refractivity contribution in [1.29, 1.82) is 0 Å². The SMILES string of the molecule is CC(NCc1ccccc1C(N)=NO)C1CCCO1. The summed E-state index contributed by atoms with van der Waals surface area (Å²) in [7, 11) is 0. The maximum atomic E-state index is 8.79. The molecule has 4 N–H and O–H groups in total. The van der Waals surface area contributed by atoms with E-state index in [-0.39, 0.29) is 11.9 Å². The molecule has 2 unspecified atom stereocenters. The molecule has 0 saturated carbocycles. The molecule has 1 aliphatic heterocycles. The summed E-state index contributed by atoms with van der Waals surface area (Å²) in [6.07, 6.45) is 2.53. The number of hydrogen-bond donors (Lipinski definition) is 3. The standard InChI is InChI=1S/C14H21N3O2/c1-10(13-7-4-8-19-13)16-9-11-5-2-3-6-12(11)14(15)17-18/h2-3,5-6,10,13,16,18H,4,7-9H2,1H3,(H2,15,17). The summed E-state index contributed by atoms with van der Waals surface area (Å²) < 4.78 is 5.65. The highest BCUT2D eigenvalue weighted by molar-refractivity contribution is 5.98. The van der Waals surface area contributed by atoms with Gasteiger partial charge in [-0.05, 0) is 25.3 Å². The van der Waals surface area contributed by atoms with Crippen molar-refractivity contribution in [3.8, 4) is 0 Å². The number of amidine groups is 1. The average molecular weight is 263 g/mol. The van der Waals surface area contributed by atoms with Gasteiger partial charge >= 0.3 is 0 Å². The fraction of sp³-hybridized carbons (Fsp3) is 0.500. The first-order chi connectivity index (χ1) is 9.22. The van der Waals surface area contributed by atoms with E-state index in [4.69, 9.17) is 15.7 Å². The number of oxime groups is 1. The van der Waals surface area contributed by atoms with E-state index in [9.17, 15) is 0 Å². The van der Waals surface area contributed by atoms with Crippen LogP contribution in [-0.2, 0) is 11.3 Å². The number of hydrogen-bond acceptors (Lipinski definition) is 4. The second kappa shape index (κ2) is 6.54. The Morgan fingerprint density at radius 1 is 1.58 bits per heavy atom. The van der Waals surface area contributed by atoms with Gasteiger partial charge in [0.15, 0.2) is 5.84 Å². The van der Waals surface area contributed by atoms with Crippen LogP contribution in [0.1, 0.15) is 30.9 Å². The first kappa shape index (κ1) is 13.8. The summed E-state index contributed by atoms with van der Waals surface area (Å²) in [5.74, 6) is 0.141. The van der Waals surface area contributed by atoms with Gasteiger partial charge in [-0.3, -0.25) is 0 Å². The van der Waals surface area contributed by atoms with Crippen molar-refractivity contribution >= 4 is 5.84 Å². The van der Waals surface area contributed by atoms with Crippen LogP contribution in [0.3, 0.4) is 0 Å². The minimum Gasteiger partial charge on any atom is -0.409 e.